The Labute approximate surface area is 128 Å². The summed E-state index contributed by atoms with van der Waals surface area (Å²) in [7, 11) is 1.85. The van der Waals surface area contributed by atoms with E-state index in [2.05, 4.69) is 0 Å². The second kappa shape index (κ2) is 6.95. The normalized spacial score (nSPS) is 17.8. The Kier molecular flexibility index (Phi) is 5.25. The molecule has 20 heavy (non-hydrogen) atoms. The largest absolute Gasteiger partial charge is 0.484 e. The molecule has 1 aliphatic heterocycles. The summed E-state index contributed by atoms with van der Waals surface area (Å²) in [6.07, 6.45) is 1.07. The van der Waals surface area contributed by atoms with Crippen LogP contribution in [-0.4, -0.2) is 47.0 Å². The molecule has 1 amide bonds. The zero-order valence-corrected chi connectivity index (χ0v) is 13.0. The SMILES string of the molecule is CN(C(=O)COc1ccc(C(N)=S)cc1)C1CCSC1. The van der Waals surface area contributed by atoms with E-state index in [-0.39, 0.29) is 12.5 Å². The summed E-state index contributed by atoms with van der Waals surface area (Å²) in [6, 6.07) is 7.47. The number of nitrogens with two attached hydrogens (primary N) is 1. The van der Waals surface area contributed by atoms with Gasteiger partial charge in [-0.25, -0.2) is 0 Å². The molecule has 0 aromatic heterocycles. The van der Waals surface area contributed by atoms with Crippen molar-refractivity contribution in [1.82, 2.24) is 4.90 Å². The number of carbonyl (C=O) groups is 1. The number of thioether (sulfide) groups is 1. The fourth-order valence-corrected chi connectivity index (χ4v) is 3.40. The molecule has 1 aromatic carbocycles. The summed E-state index contributed by atoms with van der Waals surface area (Å²) in [4.78, 5) is 14.2. The van der Waals surface area contributed by atoms with Gasteiger partial charge < -0.3 is 15.4 Å². The van der Waals surface area contributed by atoms with Gasteiger partial charge in [0.2, 0.25) is 0 Å². The van der Waals surface area contributed by atoms with Gasteiger partial charge in [0.25, 0.3) is 5.91 Å². The fourth-order valence-electron chi connectivity index (χ4n) is 1.99. The molecule has 0 spiro atoms. The first-order valence-electron chi connectivity index (χ1n) is 6.44. The number of benzene rings is 1. The van der Waals surface area contributed by atoms with Crippen LogP contribution in [-0.2, 0) is 4.79 Å². The maximum atomic E-state index is 12.0. The van der Waals surface area contributed by atoms with Gasteiger partial charge in [0.1, 0.15) is 10.7 Å². The molecule has 1 fully saturated rings. The topological polar surface area (TPSA) is 55.6 Å². The highest BCUT2D eigenvalue weighted by molar-refractivity contribution is 7.99. The van der Waals surface area contributed by atoms with Crippen molar-refractivity contribution in [3.8, 4) is 5.75 Å². The summed E-state index contributed by atoms with van der Waals surface area (Å²) in [5.41, 5.74) is 6.31. The van der Waals surface area contributed by atoms with Gasteiger partial charge in [0, 0.05) is 24.4 Å². The Hall–Kier alpha value is -1.27. The molecule has 108 valence electrons. The lowest BCUT2D eigenvalue weighted by Crippen LogP contribution is -2.39. The lowest BCUT2D eigenvalue weighted by atomic mass is 10.2. The minimum Gasteiger partial charge on any atom is -0.484 e. The number of ether oxygens (including phenoxy) is 1. The molecule has 0 radical (unpaired) electrons. The Balaban J connectivity index is 1.84. The number of nitrogens with zero attached hydrogens (tertiary/aromatic N) is 1. The third-order valence-electron chi connectivity index (χ3n) is 3.35. The molecular weight excluding hydrogens is 292 g/mol. The number of carbonyl (C=O) groups excluding carboxylic acids is 1. The van der Waals surface area contributed by atoms with Crippen molar-refractivity contribution < 1.29 is 9.53 Å². The third kappa shape index (κ3) is 3.86. The second-order valence-electron chi connectivity index (χ2n) is 4.70. The van der Waals surface area contributed by atoms with E-state index in [1.807, 2.05) is 18.8 Å². The minimum absolute atomic E-state index is 0.0101. The first-order chi connectivity index (χ1) is 9.58. The average Bonchev–Trinajstić information content (AvgIpc) is 2.98. The van der Waals surface area contributed by atoms with Crippen molar-refractivity contribution in [3.63, 3.8) is 0 Å². The zero-order valence-electron chi connectivity index (χ0n) is 11.4. The molecule has 1 heterocycles. The van der Waals surface area contributed by atoms with E-state index in [1.165, 1.54) is 0 Å². The molecule has 1 unspecified atom stereocenters. The number of rotatable bonds is 5. The first-order valence-corrected chi connectivity index (χ1v) is 8.00. The van der Waals surface area contributed by atoms with Crippen LogP contribution < -0.4 is 10.5 Å². The maximum absolute atomic E-state index is 12.0. The molecule has 0 aliphatic carbocycles. The number of likely N-dealkylation sites (N-methyl/N-ethyl adjacent to an activating group) is 1. The van der Waals surface area contributed by atoms with Crippen molar-refractivity contribution in [2.45, 2.75) is 12.5 Å². The molecule has 1 atom stereocenters. The van der Waals surface area contributed by atoms with Crippen molar-refractivity contribution in [3.05, 3.63) is 29.8 Å². The monoisotopic (exact) mass is 310 g/mol. The van der Waals surface area contributed by atoms with E-state index < -0.39 is 0 Å². The molecule has 1 aromatic rings. The second-order valence-corrected chi connectivity index (χ2v) is 6.29. The van der Waals surface area contributed by atoms with Gasteiger partial charge >= 0.3 is 0 Å². The van der Waals surface area contributed by atoms with E-state index in [4.69, 9.17) is 22.7 Å². The Morgan fingerprint density at radius 1 is 1.50 bits per heavy atom. The molecule has 2 rings (SSSR count). The molecule has 0 bridgehead atoms. The quantitative estimate of drug-likeness (QED) is 0.838. The molecule has 2 N–H and O–H groups in total. The summed E-state index contributed by atoms with van der Waals surface area (Å²) < 4.78 is 5.50. The van der Waals surface area contributed by atoms with Crippen LogP contribution in [0, 0.1) is 0 Å². The smallest absolute Gasteiger partial charge is 0.260 e. The summed E-state index contributed by atoms with van der Waals surface area (Å²) >= 11 is 6.77. The van der Waals surface area contributed by atoms with Crippen LogP contribution in [0.25, 0.3) is 0 Å². The fraction of sp³-hybridized carbons (Fsp3) is 0.429. The highest BCUT2D eigenvalue weighted by Crippen LogP contribution is 2.21. The molecular formula is C14H18N2O2S2. The number of amides is 1. The van der Waals surface area contributed by atoms with Crippen molar-refractivity contribution >= 4 is 34.9 Å². The summed E-state index contributed by atoms with van der Waals surface area (Å²) in [5, 5.41) is 0. The molecule has 6 heteroatoms. The van der Waals surface area contributed by atoms with Gasteiger partial charge in [-0.15, -0.1) is 0 Å². The van der Waals surface area contributed by atoms with E-state index in [9.17, 15) is 4.79 Å². The summed E-state index contributed by atoms with van der Waals surface area (Å²) in [5.74, 6) is 2.80. The van der Waals surface area contributed by atoms with Crippen LogP contribution in [0.15, 0.2) is 24.3 Å². The predicted molar refractivity (Wildman–Crippen MR) is 86.3 cm³/mol. The lowest BCUT2D eigenvalue weighted by Gasteiger charge is -2.23. The maximum Gasteiger partial charge on any atom is 0.260 e. The van der Waals surface area contributed by atoms with Gasteiger partial charge in [0.05, 0.1) is 0 Å². The van der Waals surface area contributed by atoms with Gasteiger partial charge in [0.15, 0.2) is 6.61 Å². The van der Waals surface area contributed by atoms with E-state index in [0.29, 0.717) is 16.8 Å². The highest BCUT2D eigenvalue weighted by Gasteiger charge is 2.23. The first kappa shape index (κ1) is 15.1. The Morgan fingerprint density at radius 3 is 2.75 bits per heavy atom. The number of hydrogen-bond donors (Lipinski definition) is 1. The molecule has 1 saturated heterocycles. The van der Waals surface area contributed by atoms with E-state index >= 15 is 0 Å². The van der Waals surface area contributed by atoms with Gasteiger partial charge in [-0.1, -0.05) is 12.2 Å². The van der Waals surface area contributed by atoms with Gasteiger partial charge in [-0.3, -0.25) is 4.79 Å². The Morgan fingerprint density at radius 2 is 2.20 bits per heavy atom. The molecule has 1 aliphatic rings. The van der Waals surface area contributed by atoms with Crippen LogP contribution in [0.1, 0.15) is 12.0 Å². The van der Waals surface area contributed by atoms with Gasteiger partial charge in [-0.05, 0) is 36.4 Å². The minimum atomic E-state index is 0.0101. The number of hydrogen-bond acceptors (Lipinski definition) is 4. The van der Waals surface area contributed by atoms with E-state index in [1.54, 1.807) is 29.2 Å². The Bertz CT molecular complexity index is 484. The van der Waals surface area contributed by atoms with Crippen LogP contribution in [0.4, 0.5) is 0 Å². The third-order valence-corrected chi connectivity index (χ3v) is 4.73. The van der Waals surface area contributed by atoms with Crippen molar-refractivity contribution in [2.75, 3.05) is 25.2 Å². The average molecular weight is 310 g/mol. The lowest BCUT2D eigenvalue weighted by molar-refractivity contribution is -0.133. The zero-order chi connectivity index (χ0) is 14.5. The molecule has 0 saturated carbocycles. The van der Waals surface area contributed by atoms with Crippen molar-refractivity contribution in [1.29, 1.82) is 0 Å². The predicted octanol–water partition coefficient (Wildman–Crippen LogP) is 1.66. The highest BCUT2D eigenvalue weighted by atomic mass is 32.2. The van der Waals surface area contributed by atoms with Crippen molar-refractivity contribution in [2.24, 2.45) is 5.73 Å². The van der Waals surface area contributed by atoms with E-state index in [0.717, 1.165) is 23.5 Å². The standard InChI is InChI=1S/C14H18N2O2S2/c1-16(11-6-7-20-9-11)13(17)8-18-12-4-2-10(3-5-12)14(15)19/h2-5,11H,6-9H2,1H3,(H2,15,19). The van der Waals surface area contributed by atoms with Gasteiger partial charge in [-0.2, -0.15) is 11.8 Å². The molecule has 4 nitrogen and oxygen atoms in total. The van der Waals surface area contributed by atoms with Crippen LogP contribution in [0.2, 0.25) is 0 Å². The van der Waals surface area contributed by atoms with Crippen LogP contribution >= 0.6 is 24.0 Å². The van der Waals surface area contributed by atoms with Crippen LogP contribution in [0.3, 0.4) is 0 Å². The van der Waals surface area contributed by atoms with Crippen LogP contribution in [0.5, 0.6) is 5.75 Å². The number of thiocarbonyl (C=S) groups is 1. The summed E-state index contributed by atoms with van der Waals surface area (Å²) in [6.45, 7) is 0.0596.